The fraction of sp³-hybridized carbons (Fsp3) is 0.500. The molecule has 1 aromatic rings. The lowest BCUT2D eigenvalue weighted by molar-refractivity contribution is -0.126. The Morgan fingerprint density at radius 2 is 2.29 bits per heavy atom. The third-order valence-electron chi connectivity index (χ3n) is 2.94. The minimum atomic E-state index is 0.118. The number of nitrogens with one attached hydrogen (secondary N) is 1. The molecular formula is C12H17N3OS. The Labute approximate surface area is 105 Å². The van der Waals surface area contributed by atoms with E-state index in [0.29, 0.717) is 6.54 Å². The van der Waals surface area contributed by atoms with Gasteiger partial charge in [-0.2, -0.15) is 0 Å². The van der Waals surface area contributed by atoms with Crippen LogP contribution in [0.25, 0.3) is 0 Å². The summed E-state index contributed by atoms with van der Waals surface area (Å²) in [7, 11) is 1.84. The largest absolute Gasteiger partial charge is 0.337 e. The normalized spacial score (nSPS) is 14.4. The van der Waals surface area contributed by atoms with Gasteiger partial charge in [0.2, 0.25) is 5.91 Å². The van der Waals surface area contributed by atoms with Crippen LogP contribution in [0.5, 0.6) is 0 Å². The molecule has 92 valence electrons. The first kappa shape index (κ1) is 12.3. The summed E-state index contributed by atoms with van der Waals surface area (Å²) in [6, 6.07) is 0. The van der Waals surface area contributed by atoms with Gasteiger partial charge < -0.3 is 10.2 Å². The Bertz CT molecular complexity index is 458. The van der Waals surface area contributed by atoms with Crippen molar-refractivity contribution in [1.29, 1.82) is 0 Å². The highest BCUT2D eigenvalue weighted by atomic mass is 32.1. The SMILES string of the molecule is CC(C(=O)N(C)Cc1cnc(C)s1)=C1CNC1. The first-order valence-corrected chi connectivity index (χ1v) is 6.45. The van der Waals surface area contributed by atoms with Crippen molar-refractivity contribution < 1.29 is 4.79 Å². The van der Waals surface area contributed by atoms with Gasteiger partial charge in [-0.3, -0.25) is 4.79 Å². The predicted octanol–water partition coefficient (Wildman–Crippen LogP) is 1.33. The second-order valence-corrected chi connectivity index (χ2v) is 5.66. The maximum atomic E-state index is 12.1. The van der Waals surface area contributed by atoms with E-state index in [1.165, 1.54) is 5.57 Å². The van der Waals surface area contributed by atoms with Crippen LogP contribution in [-0.2, 0) is 11.3 Å². The zero-order valence-corrected chi connectivity index (χ0v) is 11.2. The first-order chi connectivity index (χ1) is 8.08. The van der Waals surface area contributed by atoms with Crippen LogP contribution in [0.4, 0.5) is 0 Å². The number of nitrogens with zero attached hydrogens (tertiary/aromatic N) is 2. The highest BCUT2D eigenvalue weighted by molar-refractivity contribution is 7.11. The number of carbonyl (C=O) groups excluding carboxylic acids is 1. The van der Waals surface area contributed by atoms with Crippen molar-refractivity contribution in [1.82, 2.24) is 15.2 Å². The Kier molecular flexibility index (Phi) is 3.59. The third-order valence-corrected chi connectivity index (χ3v) is 3.83. The van der Waals surface area contributed by atoms with E-state index < -0.39 is 0 Å². The topological polar surface area (TPSA) is 45.2 Å². The molecule has 1 aliphatic heterocycles. The van der Waals surface area contributed by atoms with Gasteiger partial charge in [-0.1, -0.05) is 0 Å². The van der Waals surface area contributed by atoms with Crippen molar-refractivity contribution in [3.8, 4) is 0 Å². The van der Waals surface area contributed by atoms with E-state index in [0.717, 1.165) is 28.5 Å². The number of aromatic nitrogens is 1. The summed E-state index contributed by atoms with van der Waals surface area (Å²) in [5.41, 5.74) is 2.11. The Morgan fingerprint density at radius 1 is 1.59 bits per heavy atom. The summed E-state index contributed by atoms with van der Waals surface area (Å²) < 4.78 is 0. The molecule has 0 saturated carbocycles. The molecule has 4 nitrogen and oxygen atoms in total. The molecule has 0 atom stereocenters. The minimum Gasteiger partial charge on any atom is -0.337 e. The highest BCUT2D eigenvalue weighted by Crippen LogP contribution is 2.16. The van der Waals surface area contributed by atoms with Gasteiger partial charge in [0.25, 0.3) is 0 Å². The zero-order valence-electron chi connectivity index (χ0n) is 10.4. The number of rotatable bonds is 3. The number of hydrogen-bond acceptors (Lipinski definition) is 4. The monoisotopic (exact) mass is 251 g/mol. The van der Waals surface area contributed by atoms with E-state index in [9.17, 15) is 4.79 Å². The first-order valence-electron chi connectivity index (χ1n) is 5.64. The molecular weight excluding hydrogens is 234 g/mol. The highest BCUT2D eigenvalue weighted by Gasteiger charge is 2.19. The average Bonchev–Trinajstić information content (AvgIpc) is 2.60. The standard InChI is InChI=1S/C12H17N3OS/c1-8(10-4-13-5-10)12(16)15(3)7-11-6-14-9(2)17-11/h6,13H,4-5,7H2,1-3H3. The van der Waals surface area contributed by atoms with E-state index in [4.69, 9.17) is 0 Å². The van der Waals surface area contributed by atoms with Crippen LogP contribution in [0.2, 0.25) is 0 Å². The Hall–Kier alpha value is -1.20. The molecule has 0 unspecified atom stereocenters. The summed E-state index contributed by atoms with van der Waals surface area (Å²) in [6.45, 7) is 6.23. The Balaban J connectivity index is 2.00. The maximum Gasteiger partial charge on any atom is 0.249 e. The van der Waals surface area contributed by atoms with Gasteiger partial charge in [0.1, 0.15) is 0 Å². The molecule has 0 bridgehead atoms. The fourth-order valence-corrected chi connectivity index (χ4v) is 2.59. The van der Waals surface area contributed by atoms with Crippen LogP contribution in [-0.4, -0.2) is 35.9 Å². The lowest BCUT2D eigenvalue weighted by atomic mass is 10.0. The lowest BCUT2D eigenvalue weighted by Crippen LogP contribution is -2.38. The molecule has 0 radical (unpaired) electrons. The number of carbonyl (C=O) groups is 1. The van der Waals surface area contributed by atoms with Gasteiger partial charge in [-0.15, -0.1) is 11.3 Å². The van der Waals surface area contributed by atoms with Crippen molar-refractivity contribution in [3.63, 3.8) is 0 Å². The van der Waals surface area contributed by atoms with Crippen LogP contribution >= 0.6 is 11.3 Å². The zero-order chi connectivity index (χ0) is 12.4. The van der Waals surface area contributed by atoms with Crippen LogP contribution in [0.15, 0.2) is 17.3 Å². The number of thiazole rings is 1. The number of likely N-dealkylation sites (N-methyl/N-ethyl adjacent to an activating group) is 1. The molecule has 0 aliphatic carbocycles. The molecule has 2 heterocycles. The fourth-order valence-electron chi connectivity index (χ4n) is 1.74. The van der Waals surface area contributed by atoms with E-state index >= 15 is 0 Å². The number of amides is 1. The minimum absolute atomic E-state index is 0.118. The quantitative estimate of drug-likeness (QED) is 0.824. The molecule has 17 heavy (non-hydrogen) atoms. The summed E-state index contributed by atoms with van der Waals surface area (Å²) in [5, 5.41) is 4.19. The average molecular weight is 251 g/mol. The van der Waals surface area contributed by atoms with Crippen molar-refractivity contribution in [3.05, 3.63) is 27.2 Å². The molecule has 0 spiro atoms. The predicted molar refractivity (Wildman–Crippen MR) is 68.9 cm³/mol. The van der Waals surface area contributed by atoms with Crippen molar-refractivity contribution >= 4 is 17.2 Å². The summed E-state index contributed by atoms with van der Waals surface area (Å²) in [6.07, 6.45) is 1.84. The molecule has 5 heteroatoms. The molecule has 2 rings (SSSR count). The van der Waals surface area contributed by atoms with Crippen LogP contribution in [0.1, 0.15) is 16.8 Å². The van der Waals surface area contributed by atoms with E-state index in [1.807, 2.05) is 27.1 Å². The summed E-state index contributed by atoms with van der Waals surface area (Å²) >= 11 is 1.64. The molecule has 1 N–H and O–H groups in total. The molecule has 1 saturated heterocycles. The van der Waals surface area contributed by atoms with Crippen molar-refractivity contribution in [2.24, 2.45) is 0 Å². The maximum absolute atomic E-state index is 12.1. The number of hydrogen-bond donors (Lipinski definition) is 1. The van der Waals surface area contributed by atoms with Crippen LogP contribution in [0.3, 0.4) is 0 Å². The lowest BCUT2D eigenvalue weighted by Gasteiger charge is -2.24. The van der Waals surface area contributed by atoms with Gasteiger partial charge in [0.05, 0.1) is 11.6 Å². The van der Waals surface area contributed by atoms with Crippen LogP contribution in [0, 0.1) is 6.92 Å². The Morgan fingerprint density at radius 3 is 2.76 bits per heavy atom. The van der Waals surface area contributed by atoms with Gasteiger partial charge in [0.15, 0.2) is 0 Å². The van der Waals surface area contributed by atoms with Gasteiger partial charge in [0, 0.05) is 36.8 Å². The molecule has 1 fully saturated rings. The number of aryl methyl sites for hydroxylation is 1. The van der Waals surface area contributed by atoms with Gasteiger partial charge in [-0.05, 0) is 19.4 Å². The van der Waals surface area contributed by atoms with E-state index in [2.05, 4.69) is 10.3 Å². The second-order valence-electron chi connectivity index (χ2n) is 4.34. The van der Waals surface area contributed by atoms with Crippen LogP contribution < -0.4 is 5.32 Å². The second kappa shape index (κ2) is 4.98. The molecule has 1 aliphatic rings. The molecule has 0 aromatic carbocycles. The smallest absolute Gasteiger partial charge is 0.249 e. The molecule has 1 amide bonds. The van der Waals surface area contributed by atoms with Crippen molar-refractivity contribution in [2.75, 3.05) is 20.1 Å². The van der Waals surface area contributed by atoms with Crippen molar-refractivity contribution in [2.45, 2.75) is 20.4 Å². The summed E-state index contributed by atoms with van der Waals surface area (Å²) in [4.78, 5) is 19.2. The van der Waals surface area contributed by atoms with E-state index in [-0.39, 0.29) is 5.91 Å². The van der Waals surface area contributed by atoms with Gasteiger partial charge in [-0.25, -0.2) is 4.98 Å². The van der Waals surface area contributed by atoms with Gasteiger partial charge >= 0.3 is 0 Å². The summed E-state index contributed by atoms with van der Waals surface area (Å²) in [5.74, 6) is 0.118. The molecule has 1 aromatic heterocycles. The van der Waals surface area contributed by atoms with E-state index in [1.54, 1.807) is 16.2 Å². The third kappa shape index (κ3) is 2.73.